The molecule has 2 aromatic heterocycles. The summed E-state index contributed by atoms with van der Waals surface area (Å²) in [5, 5.41) is 16.8. The zero-order valence-electron chi connectivity index (χ0n) is 19.1. The number of anilines is 1. The van der Waals surface area contributed by atoms with Gasteiger partial charge in [0.25, 0.3) is 0 Å². The van der Waals surface area contributed by atoms with E-state index in [1.165, 1.54) is 17.2 Å². The second-order valence-electron chi connectivity index (χ2n) is 9.06. The Hall–Kier alpha value is -3.82. The number of amides is 1. The Kier molecular flexibility index (Phi) is 5.77. The van der Waals surface area contributed by atoms with Crippen molar-refractivity contribution in [3.63, 3.8) is 0 Å². The maximum Gasteiger partial charge on any atom is 0.451 e. The molecule has 4 heterocycles. The van der Waals surface area contributed by atoms with Crippen molar-refractivity contribution in [2.24, 2.45) is 11.8 Å². The van der Waals surface area contributed by atoms with Gasteiger partial charge < -0.3 is 14.4 Å². The zero-order chi connectivity index (χ0) is 25.8. The van der Waals surface area contributed by atoms with Gasteiger partial charge in [-0.2, -0.15) is 18.4 Å². The number of aromatic nitrogens is 4. The molecule has 0 saturated carbocycles. The highest BCUT2D eigenvalue weighted by molar-refractivity contribution is 5.95. The van der Waals surface area contributed by atoms with Crippen molar-refractivity contribution in [3.05, 3.63) is 47.2 Å². The van der Waals surface area contributed by atoms with E-state index in [1.807, 2.05) is 11.8 Å². The van der Waals surface area contributed by atoms with E-state index in [4.69, 9.17) is 0 Å². The van der Waals surface area contributed by atoms with Crippen molar-refractivity contribution < 1.29 is 26.7 Å². The molecule has 8 nitrogen and oxygen atoms in total. The van der Waals surface area contributed by atoms with Gasteiger partial charge >= 0.3 is 6.18 Å². The molecule has 1 fully saturated rings. The average Bonchev–Trinajstić information content (AvgIpc) is 3.29. The maximum absolute atomic E-state index is 14.3. The van der Waals surface area contributed by atoms with Crippen LogP contribution in [0.2, 0.25) is 0 Å². The van der Waals surface area contributed by atoms with E-state index >= 15 is 0 Å². The van der Waals surface area contributed by atoms with Crippen LogP contribution in [0.1, 0.15) is 30.6 Å². The molecule has 188 valence electrons. The van der Waals surface area contributed by atoms with Gasteiger partial charge in [-0.15, -0.1) is 10.2 Å². The van der Waals surface area contributed by atoms with E-state index in [0.717, 1.165) is 10.6 Å². The van der Waals surface area contributed by atoms with Crippen molar-refractivity contribution >= 4 is 22.5 Å². The molecule has 36 heavy (non-hydrogen) atoms. The predicted molar refractivity (Wildman–Crippen MR) is 116 cm³/mol. The van der Waals surface area contributed by atoms with Crippen LogP contribution >= 0.6 is 0 Å². The molecular formula is C23H20F5N7O. The Morgan fingerprint density at radius 2 is 1.94 bits per heavy atom. The first kappa shape index (κ1) is 23.9. The third-order valence-corrected chi connectivity index (χ3v) is 6.88. The molecule has 0 N–H and O–H groups in total. The third kappa shape index (κ3) is 3.90. The lowest BCUT2D eigenvalue weighted by molar-refractivity contribution is -0.148. The smallest absolute Gasteiger partial charge is 0.370 e. The van der Waals surface area contributed by atoms with Crippen LogP contribution in [0.3, 0.4) is 0 Å². The van der Waals surface area contributed by atoms with Crippen LogP contribution in [-0.4, -0.2) is 50.2 Å². The molecule has 5 rings (SSSR count). The number of benzene rings is 1. The number of halogens is 5. The molecule has 2 atom stereocenters. The monoisotopic (exact) mass is 505 g/mol. The van der Waals surface area contributed by atoms with Crippen LogP contribution in [0.25, 0.3) is 10.9 Å². The van der Waals surface area contributed by atoms with E-state index in [1.54, 1.807) is 0 Å². The zero-order valence-corrected chi connectivity index (χ0v) is 19.1. The van der Waals surface area contributed by atoms with Gasteiger partial charge in [-0.25, -0.2) is 8.78 Å². The highest BCUT2D eigenvalue weighted by atomic mass is 19.4. The second-order valence-corrected chi connectivity index (χ2v) is 9.06. The first-order valence-electron chi connectivity index (χ1n) is 11.3. The van der Waals surface area contributed by atoms with Gasteiger partial charge in [-0.1, -0.05) is 6.92 Å². The molecule has 0 unspecified atom stereocenters. The summed E-state index contributed by atoms with van der Waals surface area (Å²) >= 11 is 0. The minimum absolute atomic E-state index is 0.0488. The van der Waals surface area contributed by atoms with Crippen LogP contribution < -0.4 is 4.90 Å². The Labute approximate surface area is 201 Å². The molecule has 1 saturated heterocycles. The van der Waals surface area contributed by atoms with Crippen molar-refractivity contribution in [1.82, 2.24) is 24.6 Å². The fraction of sp³-hybridized carbons (Fsp3) is 0.435. The Bertz CT molecular complexity index is 1400. The van der Waals surface area contributed by atoms with Crippen LogP contribution in [0.5, 0.6) is 0 Å². The summed E-state index contributed by atoms with van der Waals surface area (Å²) in [6.45, 7) is 2.61. The first-order valence-corrected chi connectivity index (χ1v) is 11.3. The summed E-state index contributed by atoms with van der Waals surface area (Å²) in [7, 11) is 0. The molecule has 0 aliphatic carbocycles. The normalized spacial score (nSPS) is 20.4. The number of alkyl halides is 3. The second kappa shape index (κ2) is 8.69. The number of piperidine rings is 1. The standard InChI is InChI=1S/C23H20F5N7O/c1-12-10-33(20-13(8-29)9-30-19-15(20)2-3-16(24)18(19)25)5-4-14(12)21(36)34-6-7-35-17(11-34)31-32-22(35)23(26,27)28/h2-3,9,12,14H,4-7,10-11H2,1H3/t12-,14+/m1/s1. The summed E-state index contributed by atoms with van der Waals surface area (Å²) in [5.41, 5.74) is 0.469. The van der Waals surface area contributed by atoms with E-state index < -0.39 is 29.6 Å². The number of pyridine rings is 1. The van der Waals surface area contributed by atoms with Gasteiger partial charge in [0, 0.05) is 43.7 Å². The number of hydrogen-bond acceptors (Lipinski definition) is 6. The molecule has 1 aromatic carbocycles. The van der Waals surface area contributed by atoms with Crippen molar-refractivity contribution in [2.45, 2.75) is 32.6 Å². The van der Waals surface area contributed by atoms with Gasteiger partial charge in [0.2, 0.25) is 11.7 Å². The van der Waals surface area contributed by atoms with Gasteiger partial charge in [0.05, 0.1) is 17.8 Å². The summed E-state index contributed by atoms with van der Waals surface area (Å²) < 4.78 is 68.4. The highest BCUT2D eigenvalue weighted by Crippen LogP contribution is 2.36. The number of carbonyl (C=O) groups is 1. The van der Waals surface area contributed by atoms with Crippen molar-refractivity contribution in [3.8, 4) is 6.07 Å². The summed E-state index contributed by atoms with van der Waals surface area (Å²) in [6.07, 6.45) is -3.00. The van der Waals surface area contributed by atoms with Gasteiger partial charge in [0.15, 0.2) is 17.5 Å². The predicted octanol–water partition coefficient (Wildman–Crippen LogP) is 3.50. The summed E-state index contributed by atoms with van der Waals surface area (Å²) in [5.74, 6) is -3.88. The van der Waals surface area contributed by atoms with E-state index in [0.29, 0.717) is 30.6 Å². The molecule has 0 spiro atoms. The summed E-state index contributed by atoms with van der Waals surface area (Å²) in [6, 6.07) is 4.43. The van der Waals surface area contributed by atoms with E-state index in [-0.39, 0.29) is 48.4 Å². The number of hydrogen-bond donors (Lipinski definition) is 0. The van der Waals surface area contributed by atoms with Gasteiger partial charge in [0.1, 0.15) is 11.6 Å². The number of carbonyl (C=O) groups excluding carboxylic acids is 1. The Morgan fingerprint density at radius 3 is 2.64 bits per heavy atom. The topological polar surface area (TPSA) is 90.9 Å². The minimum Gasteiger partial charge on any atom is -0.370 e. The number of nitriles is 1. The largest absolute Gasteiger partial charge is 0.451 e. The average molecular weight is 505 g/mol. The maximum atomic E-state index is 14.3. The molecule has 0 bridgehead atoms. The lowest BCUT2D eigenvalue weighted by Crippen LogP contribution is -2.49. The van der Waals surface area contributed by atoms with E-state index in [9.17, 15) is 32.0 Å². The molecule has 2 aliphatic heterocycles. The lowest BCUT2D eigenvalue weighted by atomic mass is 9.85. The summed E-state index contributed by atoms with van der Waals surface area (Å²) in [4.78, 5) is 20.6. The first-order chi connectivity index (χ1) is 17.1. The van der Waals surface area contributed by atoms with Crippen molar-refractivity contribution in [2.75, 3.05) is 24.5 Å². The quantitative estimate of drug-likeness (QED) is 0.496. The fourth-order valence-corrected chi connectivity index (χ4v) is 5.12. The number of nitrogens with zero attached hydrogens (tertiary/aromatic N) is 7. The van der Waals surface area contributed by atoms with Crippen molar-refractivity contribution in [1.29, 1.82) is 5.26 Å². The molecule has 1 amide bonds. The van der Waals surface area contributed by atoms with Gasteiger partial charge in [-0.05, 0) is 24.5 Å². The fourth-order valence-electron chi connectivity index (χ4n) is 5.12. The number of fused-ring (bicyclic) bond motifs is 2. The molecular weight excluding hydrogens is 485 g/mol. The molecule has 3 aromatic rings. The Morgan fingerprint density at radius 1 is 1.17 bits per heavy atom. The highest BCUT2D eigenvalue weighted by Gasteiger charge is 2.41. The lowest BCUT2D eigenvalue weighted by Gasteiger charge is -2.40. The SMILES string of the molecule is C[C@@H]1CN(c2c(C#N)cnc3c(F)c(F)ccc23)CC[C@@H]1C(=O)N1CCn2c(nnc2C(F)(F)F)C1. The van der Waals surface area contributed by atoms with Gasteiger partial charge in [-0.3, -0.25) is 9.78 Å². The van der Waals surface area contributed by atoms with Crippen LogP contribution in [0.15, 0.2) is 18.3 Å². The Balaban J connectivity index is 1.35. The minimum atomic E-state index is -4.62. The molecule has 2 aliphatic rings. The number of rotatable bonds is 2. The molecule has 13 heteroatoms. The van der Waals surface area contributed by atoms with Crippen LogP contribution in [-0.2, 0) is 24.1 Å². The van der Waals surface area contributed by atoms with E-state index in [2.05, 4.69) is 21.3 Å². The van der Waals surface area contributed by atoms with Crippen LogP contribution in [0, 0.1) is 34.8 Å². The molecule has 0 radical (unpaired) electrons. The van der Waals surface area contributed by atoms with Crippen LogP contribution in [0.4, 0.5) is 27.6 Å². The third-order valence-electron chi connectivity index (χ3n) is 6.88.